The van der Waals surface area contributed by atoms with Gasteiger partial charge in [0.1, 0.15) is 5.69 Å². The third-order valence-corrected chi connectivity index (χ3v) is 5.00. The van der Waals surface area contributed by atoms with Crippen LogP contribution in [0.25, 0.3) is 0 Å². The van der Waals surface area contributed by atoms with Crippen LogP contribution in [0.3, 0.4) is 0 Å². The highest BCUT2D eigenvalue weighted by Gasteiger charge is 2.36. The number of rotatable bonds is 4. The maximum atomic E-state index is 13.1. The van der Waals surface area contributed by atoms with Gasteiger partial charge in [0.05, 0.1) is 12.6 Å². The zero-order chi connectivity index (χ0) is 19.5. The highest BCUT2D eigenvalue weighted by atomic mass is 16.5. The fourth-order valence-corrected chi connectivity index (χ4v) is 3.39. The molecule has 7 nitrogen and oxygen atoms in total. The van der Waals surface area contributed by atoms with Gasteiger partial charge in [-0.2, -0.15) is 10.3 Å². The van der Waals surface area contributed by atoms with Crippen molar-refractivity contribution in [2.24, 2.45) is 5.92 Å². The highest BCUT2D eigenvalue weighted by Crippen LogP contribution is 2.33. The van der Waals surface area contributed by atoms with Crippen LogP contribution >= 0.6 is 0 Å². The summed E-state index contributed by atoms with van der Waals surface area (Å²) in [4.78, 5) is 26.9. The van der Waals surface area contributed by atoms with E-state index >= 15 is 0 Å². The van der Waals surface area contributed by atoms with Gasteiger partial charge in [-0.3, -0.25) is 4.79 Å². The van der Waals surface area contributed by atoms with Crippen LogP contribution in [0.5, 0.6) is 0 Å². The molecule has 2 heterocycles. The van der Waals surface area contributed by atoms with Gasteiger partial charge < -0.3 is 9.64 Å². The van der Waals surface area contributed by atoms with Gasteiger partial charge in [0.2, 0.25) is 0 Å². The summed E-state index contributed by atoms with van der Waals surface area (Å²) in [5.41, 5.74) is 2.14. The lowest BCUT2D eigenvalue weighted by molar-refractivity contribution is 0.0512. The molecule has 2 aromatic rings. The minimum atomic E-state index is -0.524. The lowest BCUT2D eigenvalue weighted by Gasteiger charge is -2.23. The number of nitrogens with one attached hydrogen (secondary N) is 1. The molecule has 7 heteroatoms. The number of carbonyl (C=O) groups excluding carboxylic acids is 2. The van der Waals surface area contributed by atoms with Gasteiger partial charge in [-0.25, -0.2) is 4.79 Å². The molecule has 1 N–H and O–H groups in total. The monoisotopic (exact) mass is 378 g/mol. The highest BCUT2D eigenvalue weighted by molar-refractivity contribution is 5.95. The molecule has 1 aliphatic carbocycles. The van der Waals surface area contributed by atoms with E-state index in [-0.39, 0.29) is 24.2 Å². The van der Waals surface area contributed by atoms with Gasteiger partial charge in [0, 0.05) is 23.6 Å². The molecule has 1 amide bonds. The summed E-state index contributed by atoms with van der Waals surface area (Å²) in [6, 6.07) is 7.09. The van der Waals surface area contributed by atoms with Crippen LogP contribution in [0.2, 0.25) is 0 Å². The smallest absolute Gasteiger partial charge is 0.360 e. The van der Waals surface area contributed by atoms with Gasteiger partial charge in [-0.15, -0.1) is 5.10 Å². The lowest BCUT2D eigenvalue weighted by atomic mass is 10.1. The van der Waals surface area contributed by atoms with Crippen molar-refractivity contribution in [1.82, 2.24) is 20.3 Å². The summed E-state index contributed by atoms with van der Waals surface area (Å²) >= 11 is 0. The average molecular weight is 378 g/mol. The van der Waals surface area contributed by atoms with Crippen LogP contribution in [0.4, 0.5) is 0 Å². The number of hydrogen-bond donors (Lipinski definition) is 1. The Morgan fingerprint density at radius 2 is 2.00 bits per heavy atom. The number of hydrogen-bond acceptors (Lipinski definition) is 5. The van der Waals surface area contributed by atoms with E-state index < -0.39 is 5.97 Å². The molecule has 28 heavy (non-hydrogen) atoms. The summed E-state index contributed by atoms with van der Waals surface area (Å²) < 4.78 is 5.05. The molecule has 2 fully saturated rings. The maximum absolute atomic E-state index is 13.1. The van der Waals surface area contributed by atoms with Crippen LogP contribution in [0.15, 0.2) is 24.3 Å². The second-order valence-electron chi connectivity index (χ2n) is 7.06. The first-order valence-corrected chi connectivity index (χ1v) is 9.67. The number of H-pyrrole nitrogens is 1. The quantitative estimate of drug-likeness (QED) is 0.653. The normalized spacial score (nSPS) is 18.5. The zero-order valence-corrected chi connectivity index (χ0v) is 15.8. The van der Waals surface area contributed by atoms with E-state index in [0.717, 1.165) is 18.4 Å². The number of ether oxygens (including phenoxy) is 1. The van der Waals surface area contributed by atoms with Crippen molar-refractivity contribution < 1.29 is 14.3 Å². The van der Waals surface area contributed by atoms with Crippen LogP contribution < -0.4 is 0 Å². The first-order chi connectivity index (χ1) is 13.7. The van der Waals surface area contributed by atoms with Gasteiger partial charge in [0.15, 0.2) is 5.69 Å². The number of nitrogens with zero attached hydrogens (tertiary/aromatic N) is 3. The Bertz CT molecular complexity index is 935. The van der Waals surface area contributed by atoms with Gasteiger partial charge in [-0.1, -0.05) is 11.8 Å². The molecule has 2 aliphatic rings. The standard InChI is InChI=1S/C21H22N4O3/c1-2-28-21(27)19-18(22-24-23-19)17-4-3-13-25(17)20(26)16-11-9-15(10-12-16)8-7-14-5-6-14/h9-12,14,17H,2-6,13H2,1H3,(H,22,23,24). The number of benzene rings is 1. The minimum absolute atomic E-state index is 0.0815. The zero-order valence-electron chi connectivity index (χ0n) is 15.8. The summed E-state index contributed by atoms with van der Waals surface area (Å²) in [6.07, 6.45) is 3.96. The van der Waals surface area contributed by atoms with Crippen molar-refractivity contribution in [2.75, 3.05) is 13.2 Å². The molecule has 1 unspecified atom stereocenters. The van der Waals surface area contributed by atoms with Crippen molar-refractivity contribution in [3.63, 3.8) is 0 Å². The maximum Gasteiger partial charge on any atom is 0.360 e. The molecule has 0 bridgehead atoms. The number of aromatic nitrogens is 3. The summed E-state index contributed by atoms with van der Waals surface area (Å²) in [6.45, 7) is 2.61. The molecule has 1 aliphatic heterocycles. The van der Waals surface area contributed by atoms with Crippen LogP contribution in [-0.2, 0) is 4.74 Å². The predicted molar refractivity (Wildman–Crippen MR) is 101 cm³/mol. The van der Waals surface area contributed by atoms with Gasteiger partial charge >= 0.3 is 5.97 Å². The van der Waals surface area contributed by atoms with Crippen molar-refractivity contribution in [3.8, 4) is 11.8 Å². The number of carbonyl (C=O) groups is 2. The van der Waals surface area contributed by atoms with E-state index in [0.29, 0.717) is 23.7 Å². The lowest BCUT2D eigenvalue weighted by Crippen LogP contribution is -2.31. The number of esters is 1. The molecule has 1 aromatic carbocycles. The number of likely N-dealkylation sites (tertiary alicyclic amines) is 1. The minimum Gasteiger partial charge on any atom is -0.461 e. The molecule has 0 radical (unpaired) electrons. The molecular weight excluding hydrogens is 356 g/mol. The molecule has 0 spiro atoms. The molecular formula is C21H22N4O3. The van der Waals surface area contributed by atoms with E-state index in [4.69, 9.17) is 4.74 Å². The predicted octanol–water partition coefficient (Wildman–Crippen LogP) is 2.72. The molecule has 1 saturated carbocycles. The topological polar surface area (TPSA) is 88.2 Å². The van der Waals surface area contributed by atoms with Crippen LogP contribution in [0.1, 0.15) is 70.8 Å². The first-order valence-electron chi connectivity index (χ1n) is 9.67. The third-order valence-electron chi connectivity index (χ3n) is 5.00. The van der Waals surface area contributed by atoms with Crippen molar-refractivity contribution in [1.29, 1.82) is 0 Å². The number of amides is 1. The second kappa shape index (κ2) is 7.85. The Balaban J connectivity index is 1.52. The summed E-state index contributed by atoms with van der Waals surface area (Å²) in [5.74, 6) is 6.32. The van der Waals surface area contributed by atoms with Crippen LogP contribution in [0, 0.1) is 17.8 Å². The second-order valence-corrected chi connectivity index (χ2v) is 7.06. The van der Waals surface area contributed by atoms with Crippen molar-refractivity contribution in [2.45, 2.75) is 38.6 Å². The van der Waals surface area contributed by atoms with E-state index in [1.165, 1.54) is 12.8 Å². The largest absolute Gasteiger partial charge is 0.461 e. The van der Waals surface area contributed by atoms with Gasteiger partial charge in [-0.05, 0) is 56.9 Å². The van der Waals surface area contributed by atoms with E-state index in [2.05, 4.69) is 27.3 Å². The Kier molecular flexibility index (Phi) is 5.11. The molecule has 4 rings (SSSR count). The number of aromatic amines is 1. The Labute approximate surface area is 163 Å². The van der Waals surface area contributed by atoms with Crippen LogP contribution in [-0.4, -0.2) is 45.3 Å². The summed E-state index contributed by atoms with van der Waals surface area (Å²) in [5, 5.41) is 10.6. The SMILES string of the molecule is CCOC(=O)c1n[nH]nc1C1CCCN1C(=O)c1ccc(C#CC2CC2)cc1. The molecule has 144 valence electrons. The van der Waals surface area contributed by atoms with E-state index in [1.54, 1.807) is 11.8 Å². The van der Waals surface area contributed by atoms with E-state index in [9.17, 15) is 9.59 Å². The molecule has 1 aromatic heterocycles. The van der Waals surface area contributed by atoms with Crippen molar-refractivity contribution >= 4 is 11.9 Å². The fourth-order valence-electron chi connectivity index (χ4n) is 3.39. The average Bonchev–Trinajstić information content (AvgIpc) is 3.19. The third kappa shape index (κ3) is 3.77. The molecule has 1 saturated heterocycles. The first kappa shape index (κ1) is 18.2. The van der Waals surface area contributed by atoms with E-state index in [1.807, 2.05) is 24.3 Å². The van der Waals surface area contributed by atoms with Gasteiger partial charge in [0.25, 0.3) is 5.91 Å². The Morgan fingerprint density at radius 3 is 2.71 bits per heavy atom. The van der Waals surface area contributed by atoms with Crippen molar-refractivity contribution in [3.05, 3.63) is 46.8 Å². The Morgan fingerprint density at radius 1 is 1.21 bits per heavy atom. The fraction of sp³-hybridized carbons (Fsp3) is 0.429. The molecule has 1 atom stereocenters. The Hall–Kier alpha value is -3.14. The summed E-state index contributed by atoms with van der Waals surface area (Å²) in [7, 11) is 0.